The van der Waals surface area contributed by atoms with E-state index in [9.17, 15) is 5.11 Å². The maximum atomic E-state index is 10.5. The van der Waals surface area contributed by atoms with Gasteiger partial charge in [-0.05, 0) is 18.2 Å². The van der Waals surface area contributed by atoms with Crippen LogP contribution in [0.1, 0.15) is 0 Å². The lowest BCUT2D eigenvalue weighted by Crippen LogP contribution is -1.96. The number of rotatable bonds is 2. The molecule has 20 heavy (non-hydrogen) atoms. The zero-order valence-electron chi connectivity index (χ0n) is 11.3. The van der Waals surface area contributed by atoms with Crippen LogP contribution in [-0.4, -0.2) is 22.0 Å². The molecule has 0 fully saturated rings. The number of nitrogen functional groups attached to an aromatic ring is 1. The number of anilines is 1. The molecule has 0 saturated heterocycles. The first-order valence-electron chi connectivity index (χ1n) is 6.20. The van der Waals surface area contributed by atoms with Crippen LogP contribution < -0.4 is 10.5 Å². The molecule has 3 aromatic rings. The molecule has 3 rings (SSSR count). The quantitative estimate of drug-likeness (QED) is 0.749. The van der Waals surface area contributed by atoms with Crippen LogP contribution in [0.4, 0.5) is 5.82 Å². The number of nitrogens with two attached hydrogens (primary N) is 1. The molecule has 0 saturated carbocycles. The molecule has 2 aromatic carbocycles. The lowest BCUT2D eigenvalue weighted by atomic mass is 10.0. The molecule has 5 heteroatoms. The minimum absolute atomic E-state index is 0.180. The normalized spacial score (nSPS) is 10.9. The Balaban J connectivity index is 2.26. The van der Waals surface area contributed by atoms with E-state index in [1.54, 1.807) is 24.9 Å². The van der Waals surface area contributed by atoms with Crippen molar-refractivity contribution in [3.8, 4) is 22.8 Å². The SMILES string of the molecule is COc1cccc2c(O)c(-c3cc(N)n(C)n3)ccc12. The summed E-state index contributed by atoms with van der Waals surface area (Å²) in [5.74, 6) is 1.45. The maximum absolute atomic E-state index is 10.5. The third-order valence-electron chi connectivity index (χ3n) is 3.40. The number of methoxy groups -OCH3 is 1. The van der Waals surface area contributed by atoms with E-state index in [-0.39, 0.29) is 5.75 Å². The Hall–Kier alpha value is -2.69. The molecule has 0 aliphatic rings. The molecule has 5 nitrogen and oxygen atoms in total. The molecule has 0 bridgehead atoms. The van der Waals surface area contributed by atoms with Gasteiger partial charge in [0.1, 0.15) is 17.3 Å². The second-order valence-electron chi connectivity index (χ2n) is 4.60. The fourth-order valence-corrected chi connectivity index (χ4v) is 2.31. The van der Waals surface area contributed by atoms with Gasteiger partial charge in [0.15, 0.2) is 0 Å². The standard InChI is InChI=1S/C15H15N3O2/c1-18-14(16)8-12(17-18)11-7-6-9-10(15(11)19)4-3-5-13(9)20-2/h3-8,19H,16H2,1-2H3. The lowest BCUT2D eigenvalue weighted by molar-refractivity contribution is 0.419. The second kappa shape index (κ2) is 4.45. The van der Waals surface area contributed by atoms with Crippen molar-refractivity contribution < 1.29 is 9.84 Å². The van der Waals surface area contributed by atoms with Gasteiger partial charge >= 0.3 is 0 Å². The predicted molar refractivity (Wildman–Crippen MR) is 78.8 cm³/mol. The topological polar surface area (TPSA) is 73.3 Å². The van der Waals surface area contributed by atoms with E-state index in [2.05, 4.69) is 5.10 Å². The number of phenols is 1. The molecule has 0 radical (unpaired) electrons. The number of aryl methyl sites for hydroxylation is 1. The molecule has 102 valence electrons. The zero-order chi connectivity index (χ0) is 14.3. The Kier molecular flexibility index (Phi) is 2.75. The van der Waals surface area contributed by atoms with E-state index in [1.807, 2.05) is 30.3 Å². The second-order valence-corrected chi connectivity index (χ2v) is 4.60. The number of benzene rings is 2. The van der Waals surface area contributed by atoms with Crippen LogP contribution in [0.2, 0.25) is 0 Å². The first-order chi connectivity index (χ1) is 9.61. The number of aromatic hydroxyl groups is 1. The molecule has 3 N–H and O–H groups in total. The highest BCUT2D eigenvalue weighted by Gasteiger charge is 2.13. The van der Waals surface area contributed by atoms with Gasteiger partial charge in [0, 0.05) is 29.4 Å². The fourth-order valence-electron chi connectivity index (χ4n) is 2.31. The number of hydrogen-bond acceptors (Lipinski definition) is 4. The molecule has 0 aliphatic heterocycles. The van der Waals surface area contributed by atoms with E-state index in [0.29, 0.717) is 17.1 Å². The van der Waals surface area contributed by atoms with Gasteiger partial charge < -0.3 is 15.6 Å². The number of hydrogen-bond donors (Lipinski definition) is 2. The van der Waals surface area contributed by atoms with Gasteiger partial charge in [-0.2, -0.15) is 5.10 Å². The molecule has 0 unspecified atom stereocenters. The summed E-state index contributed by atoms with van der Waals surface area (Å²) in [4.78, 5) is 0. The zero-order valence-corrected chi connectivity index (χ0v) is 11.3. The molecule has 1 heterocycles. The van der Waals surface area contributed by atoms with Crippen molar-refractivity contribution in [1.82, 2.24) is 9.78 Å². The summed E-state index contributed by atoms with van der Waals surface area (Å²) in [5.41, 5.74) is 7.08. The van der Waals surface area contributed by atoms with Gasteiger partial charge in [0.2, 0.25) is 0 Å². The summed E-state index contributed by atoms with van der Waals surface area (Å²) in [5, 5.41) is 16.4. The average molecular weight is 269 g/mol. The van der Waals surface area contributed by atoms with Crippen LogP contribution in [-0.2, 0) is 7.05 Å². The van der Waals surface area contributed by atoms with E-state index in [0.717, 1.165) is 16.5 Å². The first-order valence-corrected chi connectivity index (χ1v) is 6.20. The van der Waals surface area contributed by atoms with E-state index in [1.165, 1.54) is 0 Å². The van der Waals surface area contributed by atoms with Crippen LogP contribution in [0.5, 0.6) is 11.5 Å². The number of phenolic OH excluding ortho intramolecular Hbond substituents is 1. The fraction of sp³-hybridized carbons (Fsp3) is 0.133. The van der Waals surface area contributed by atoms with E-state index < -0.39 is 0 Å². The van der Waals surface area contributed by atoms with Crippen molar-refractivity contribution in [2.24, 2.45) is 7.05 Å². The third-order valence-corrected chi connectivity index (χ3v) is 3.40. The lowest BCUT2D eigenvalue weighted by Gasteiger charge is -2.09. The third kappa shape index (κ3) is 1.75. The van der Waals surface area contributed by atoms with Gasteiger partial charge in [-0.25, -0.2) is 0 Å². The van der Waals surface area contributed by atoms with Crippen molar-refractivity contribution >= 4 is 16.6 Å². The summed E-state index contributed by atoms with van der Waals surface area (Å²) in [6.45, 7) is 0. The monoisotopic (exact) mass is 269 g/mol. The number of fused-ring (bicyclic) bond motifs is 1. The summed E-state index contributed by atoms with van der Waals surface area (Å²) in [6.07, 6.45) is 0. The molecule has 0 spiro atoms. The van der Waals surface area contributed by atoms with Crippen LogP contribution in [0.3, 0.4) is 0 Å². The number of aromatic nitrogens is 2. The van der Waals surface area contributed by atoms with Gasteiger partial charge in [0.25, 0.3) is 0 Å². The molecular weight excluding hydrogens is 254 g/mol. The molecule has 0 atom stereocenters. The molecule has 0 aliphatic carbocycles. The first kappa shape index (κ1) is 12.3. The highest BCUT2D eigenvalue weighted by molar-refractivity contribution is 5.97. The minimum Gasteiger partial charge on any atom is -0.507 e. The molecule has 1 aromatic heterocycles. The van der Waals surface area contributed by atoms with E-state index in [4.69, 9.17) is 10.5 Å². The van der Waals surface area contributed by atoms with Crippen LogP contribution in [0, 0.1) is 0 Å². The summed E-state index contributed by atoms with van der Waals surface area (Å²) in [6, 6.07) is 11.0. The van der Waals surface area contributed by atoms with Gasteiger partial charge in [-0.15, -0.1) is 0 Å². The maximum Gasteiger partial charge on any atom is 0.133 e. The van der Waals surface area contributed by atoms with Crippen molar-refractivity contribution in [2.75, 3.05) is 12.8 Å². The van der Waals surface area contributed by atoms with Gasteiger partial charge in [-0.3, -0.25) is 4.68 Å². The van der Waals surface area contributed by atoms with Crippen LogP contribution >= 0.6 is 0 Å². The Morgan fingerprint density at radius 1 is 1.20 bits per heavy atom. The van der Waals surface area contributed by atoms with E-state index >= 15 is 0 Å². The van der Waals surface area contributed by atoms with Gasteiger partial charge in [-0.1, -0.05) is 12.1 Å². The summed E-state index contributed by atoms with van der Waals surface area (Å²) >= 11 is 0. The van der Waals surface area contributed by atoms with Crippen molar-refractivity contribution in [2.45, 2.75) is 0 Å². The van der Waals surface area contributed by atoms with Crippen molar-refractivity contribution in [1.29, 1.82) is 0 Å². The van der Waals surface area contributed by atoms with Crippen LogP contribution in [0.15, 0.2) is 36.4 Å². The number of ether oxygens (including phenoxy) is 1. The molecular formula is C15H15N3O2. The largest absolute Gasteiger partial charge is 0.507 e. The summed E-state index contributed by atoms with van der Waals surface area (Å²) in [7, 11) is 3.37. The Morgan fingerprint density at radius 2 is 2.00 bits per heavy atom. The van der Waals surface area contributed by atoms with Gasteiger partial charge in [0.05, 0.1) is 12.8 Å². The average Bonchev–Trinajstić information content (AvgIpc) is 2.78. The Morgan fingerprint density at radius 3 is 2.65 bits per heavy atom. The smallest absolute Gasteiger partial charge is 0.133 e. The van der Waals surface area contributed by atoms with Crippen LogP contribution in [0.25, 0.3) is 22.0 Å². The van der Waals surface area contributed by atoms with Crippen molar-refractivity contribution in [3.63, 3.8) is 0 Å². The number of nitrogens with zero attached hydrogens (tertiary/aromatic N) is 2. The van der Waals surface area contributed by atoms with Crippen molar-refractivity contribution in [3.05, 3.63) is 36.4 Å². The predicted octanol–water partition coefficient (Wildman–Crippen LogP) is 2.54. The minimum atomic E-state index is 0.180. The highest BCUT2D eigenvalue weighted by atomic mass is 16.5. The highest BCUT2D eigenvalue weighted by Crippen LogP contribution is 2.38. The summed E-state index contributed by atoms with van der Waals surface area (Å²) < 4.78 is 6.87. The molecule has 0 amide bonds. The Labute approximate surface area is 116 Å². The Bertz CT molecular complexity index is 774.